The molecule has 3 rings (SSSR count). The van der Waals surface area contributed by atoms with Gasteiger partial charge in [0.05, 0.1) is 5.69 Å². The molecule has 0 radical (unpaired) electrons. The monoisotopic (exact) mass is 237 g/mol. The highest BCUT2D eigenvalue weighted by Gasteiger charge is 2.10. The number of hydrogen-bond acceptors (Lipinski definition) is 3. The summed E-state index contributed by atoms with van der Waals surface area (Å²) in [5.74, 6) is 0.691. The topological polar surface area (TPSA) is 47.3 Å². The van der Waals surface area contributed by atoms with Crippen LogP contribution in [0.5, 0.6) is 0 Å². The Hall–Kier alpha value is -2.49. The molecule has 18 heavy (non-hydrogen) atoms. The summed E-state index contributed by atoms with van der Waals surface area (Å²) in [4.78, 5) is 11.1. The largest absolute Gasteiger partial charge is 0.296 e. The molecule has 3 aromatic rings. The molecule has 0 spiro atoms. The van der Waals surface area contributed by atoms with Gasteiger partial charge in [-0.05, 0) is 25.1 Å². The van der Waals surface area contributed by atoms with Gasteiger partial charge in [0.1, 0.15) is 0 Å². The Balaban J connectivity index is 2.33. The van der Waals surface area contributed by atoms with Crippen molar-refractivity contribution in [3.63, 3.8) is 0 Å². The third-order valence-electron chi connectivity index (χ3n) is 2.86. The Labute approximate surface area is 104 Å². The standard InChI is InChI=1S/C14H11N3O/c1-10-4-2-5-11(8-10)14-16-15-13-7-3-6-12(9-18)17(13)14/h2-9H,1H3. The summed E-state index contributed by atoms with van der Waals surface area (Å²) in [6.07, 6.45) is 0.815. The van der Waals surface area contributed by atoms with E-state index in [-0.39, 0.29) is 0 Å². The van der Waals surface area contributed by atoms with Gasteiger partial charge in [0.25, 0.3) is 0 Å². The molecule has 2 heterocycles. The molecule has 4 heteroatoms. The molecule has 0 aliphatic heterocycles. The normalized spacial score (nSPS) is 10.7. The van der Waals surface area contributed by atoms with Gasteiger partial charge < -0.3 is 0 Å². The molecule has 0 aliphatic rings. The van der Waals surface area contributed by atoms with Crippen molar-refractivity contribution < 1.29 is 4.79 Å². The van der Waals surface area contributed by atoms with E-state index in [9.17, 15) is 4.79 Å². The van der Waals surface area contributed by atoms with Crippen LogP contribution in [-0.4, -0.2) is 20.9 Å². The Bertz CT molecular complexity index is 731. The lowest BCUT2D eigenvalue weighted by atomic mass is 10.1. The maximum absolute atomic E-state index is 11.1. The molecule has 2 aromatic heterocycles. The molecular weight excluding hydrogens is 226 g/mol. The maximum atomic E-state index is 11.1. The predicted octanol–water partition coefficient (Wildman–Crippen LogP) is 2.52. The zero-order chi connectivity index (χ0) is 12.5. The van der Waals surface area contributed by atoms with Crippen LogP contribution in [0.25, 0.3) is 17.0 Å². The molecular formula is C14H11N3O. The van der Waals surface area contributed by atoms with E-state index in [1.54, 1.807) is 16.5 Å². The molecule has 0 N–H and O–H groups in total. The fraction of sp³-hybridized carbons (Fsp3) is 0.0714. The van der Waals surface area contributed by atoms with Gasteiger partial charge in [0.15, 0.2) is 17.8 Å². The summed E-state index contributed by atoms with van der Waals surface area (Å²) >= 11 is 0. The number of nitrogens with zero attached hydrogens (tertiary/aromatic N) is 3. The highest BCUT2D eigenvalue weighted by atomic mass is 16.1. The third kappa shape index (κ3) is 1.59. The molecule has 0 bridgehead atoms. The van der Waals surface area contributed by atoms with Crippen molar-refractivity contribution in [2.24, 2.45) is 0 Å². The number of pyridine rings is 1. The predicted molar refractivity (Wildman–Crippen MR) is 68.5 cm³/mol. The number of hydrogen-bond donors (Lipinski definition) is 0. The number of benzene rings is 1. The van der Waals surface area contributed by atoms with E-state index in [2.05, 4.69) is 10.2 Å². The zero-order valence-electron chi connectivity index (χ0n) is 9.87. The van der Waals surface area contributed by atoms with E-state index in [0.29, 0.717) is 17.2 Å². The minimum Gasteiger partial charge on any atom is -0.296 e. The fourth-order valence-electron chi connectivity index (χ4n) is 2.03. The van der Waals surface area contributed by atoms with Crippen LogP contribution in [-0.2, 0) is 0 Å². The van der Waals surface area contributed by atoms with Crippen molar-refractivity contribution in [1.82, 2.24) is 14.6 Å². The first-order valence-corrected chi connectivity index (χ1v) is 5.66. The molecule has 0 aliphatic carbocycles. The van der Waals surface area contributed by atoms with Crippen LogP contribution in [0.15, 0.2) is 42.5 Å². The summed E-state index contributed by atoms with van der Waals surface area (Å²) < 4.78 is 1.77. The molecule has 0 saturated heterocycles. The Morgan fingerprint density at radius 2 is 1.94 bits per heavy atom. The first kappa shape index (κ1) is 10.7. The first-order valence-electron chi connectivity index (χ1n) is 5.66. The van der Waals surface area contributed by atoms with E-state index in [1.807, 2.05) is 37.3 Å². The first-order chi connectivity index (χ1) is 8.79. The number of aryl methyl sites for hydroxylation is 1. The Morgan fingerprint density at radius 3 is 2.72 bits per heavy atom. The van der Waals surface area contributed by atoms with Crippen LogP contribution < -0.4 is 0 Å². The number of aldehydes is 1. The quantitative estimate of drug-likeness (QED) is 0.643. The summed E-state index contributed by atoms with van der Waals surface area (Å²) in [6, 6.07) is 13.4. The highest BCUT2D eigenvalue weighted by molar-refractivity contribution is 5.76. The molecule has 1 aromatic carbocycles. The van der Waals surface area contributed by atoms with Crippen LogP contribution in [0.3, 0.4) is 0 Å². The van der Waals surface area contributed by atoms with Gasteiger partial charge in [-0.1, -0.05) is 29.8 Å². The van der Waals surface area contributed by atoms with Crippen LogP contribution in [0, 0.1) is 6.92 Å². The van der Waals surface area contributed by atoms with Gasteiger partial charge in [-0.2, -0.15) is 0 Å². The average molecular weight is 237 g/mol. The van der Waals surface area contributed by atoms with Crippen molar-refractivity contribution in [2.75, 3.05) is 0 Å². The molecule has 0 saturated carbocycles. The van der Waals surface area contributed by atoms with E-state index in [0.717, 1.165) is 17.4 Å². The van der Waals surface area contributed by atoms with E-state index >= 15 is 0 Å². The van der Waals surface area contributed by atoms with Crippen molar-refractivity contribution in [2.45, 2.75) is 6.92 Å². The van der Waals surface area contributed by atoms with Gasteiger partial charge in [-0.25, -0.2) is 0 Å². The molecule has 0 amide bonds. The minimum absolute atomic E-state index is 0.550. The van der Waals surface area contributed by atoms with Gasteiger partial charge in [-0.3, -0.25) is 9.20 Å². The lowest BCUT2D eigenvalue weighted by Crippen LogP contribution is -1.97. The van der Waals surface area contributed by atoms with Crippen LogP contribution in [0.1, 0.15) is 16.1 Å². The number of carbonyl (C=O) groups excluding carboxylic acids is 1. The summed E-state index contributed by atoms with van der Waals surface area (Å²) in [5, 5.41) is 8.26. The second-order valence-corrected chi connectivity index (χ2v) is 4.16. The number of fused-ring (bicyclic) bond motifs is 1. The van der Waals surface area contributed by atoms with Crippen LogP contribution in [0.2, 0.25) is 0 Å². The van der Waals surface area contributed by atoms with Gasteiger partial charge in [0.2, 0.25) is 0 Å². The van der Waals surface area contributed by atoms with Gasteiger partial charge in [0, 0.05) is 5.56 Å². The van der Waals surface area contributed by atoms with Crippen molar-refractivity contribution >= 4 is 11.9 Å². The Kier molecular flexibility index (Phi) is 2.41. The van der Waals surface area contributed by atoms with Crippen molar-refractivity contribution in [3.8, 4) is 11.4 Å². The summed E-state index contributed by atoms with van der Waals surface area (Å²) in [7, 11) is 0. The molecule has 0 fully saturated rings. The van der Waals surface area contributed by atoms with Crippen molar-refractivity contribution in [1.29, 1.82) is 0 Å². The summed E-state index contributed by atoms with van der Waals surface area (Å²) in [5.41, 5.74) is 3.33. The van der Waals surface area contributed by atoms with E-state index < -0.39 is 0 Å². The molecule has 0 unspecified atom stereocenters. The van der Waals surface area contributed by atoms with Crippen LogP contribution >= 0.6 is 0 Å². The number of rotatable bonds is 2. The van der Waals surface area contributed by atoms with Gasteiger partial charge >= 0.3 is 0 Å². The second-order valence-electron chi connectivity index (χ2n) is 4.16. The second kappa shape index (κ2) is 4.07. The minimum atomic E-state index is 0.550. The van der Waals surface area contributed by atoms with E-state index in [4.69, 9.17) is 0 Å². The number of carbonyl (C=O) groups is 1. The third-order valence-corrected chi connectivity index (χ3v) is 2.86. The van der Waals surface area contributed by atoms with Crippen molar-refractivity contribution in [3.05, 3.63) is 53.7 Å². The lowest BCUT2D eigenvalue weighted by Gasteiger charge is -2.03. The zero-order valence-corrected chi connectivity index (χ0v) is 9.87. The highest BCUT2D eigenvalue weighted by Crippen LogP contribution is 2.20. The average Bonchev–Trinajstić information content (AvgIpc) is 2.82. The summed E-state index contributed by atoms with van der Waals surface area (Å²) in [6.45, 7) is 2.02. The maximum Gasteiger partial charge on any atom is 0.168 e. The smallest absolute Gasteiger partial charge is 0.168 e. The lowest BCUT2D eigenvalue weighted by molar-refractivity contribution is 0.111. The SMILES string of the molecule is Cc1cccc(-c2nnc3cccc(C=O)n23)c1. The van der Waals surface area contributed by atoms with E-state index in [1.165, 1.54) is 0 Å². The molecule has 0 atom stereocenters. The van der Waals surface area contributed by atoms with Crippen LogP contribution in [0.4, 0.5) is 0 Å². The number of aromatic nitrogens is 3. The molecule has 4 nitrogen and oxygen atoms in total. The van der Waals surface area contributed by atoms with Gasteiger partial charge in [-0.15, -0.1) is 10.2 Å². The molecule has 88 valence electrons. The Morgan fingerprint density at radius 1 is 1.11 bits per heavy atom. The fourth-order valence-corrected chi connectivity index (χ4v) is 2.03.